The zero-order valence-corrected chi connectivity index (χ0v) is 18.6. The third kappa shape index (κ3) is 5.05. The van der Waals surface area contributed by atoms with E-state index in [0.717, 1.165) is 75.7 Å². The van der Waals surface area contributed by atoms with Crippen molar-refractivity contribution in [1.29, 1.82) is 0 Å². The Balaban J connectivity index is 1.08. The molecule has 0 aliphatic carbocycles. The molecule has 1 aromatic carbocycles. The van der Waals surface area contributed by atoms with E-state index in [1.807, 2.05) is 24.4 Å². The van der Waals surface area contributed by atoms with Gasteiger partial charge in [-0.15, -0.1) is 0 Å². The van der Waals surface area contributed by atoms with Gasteiger partial charge in [0, 0.05) is 70.7 Å². The Bertz CT molecular complexity index is 915. The Morgan fingerprint density at radius 2 is 1.91 bits per heavy atom. The van der Waals surface area contributed by atoms with E-state index in [9.17, 15) is 4.79 Å². The van der Waals surface area contributed by atoms with Gasteiger partial charge < -0.3 is 14.4 Å². The third-order valence-electron chi connectivity index (χ3n) is 6.87. The molecule has 7 heteroatoms. The number of benzene rings is 1. The van der Waals surface area contributed by atoms with Gasteiger partial charge in [-0.3, -0.25) is 19.6 Å². The topological polar surface area (TPSA) is 58.1 Å². The second kappa shape index (κ2) is 9.88. The second-order valence-corrected chi connectivity index (χ2v) is 9.00. The summed E-state index contributed by atoms with van der Waals surface area (Å²) < 4.78 is 10.9. The minimum atomic E-state index is 0.278. The molecule has 170 valence electrons. The van der Waals surface area contributed by atoms with Crippen LogP contribution in [0.4, 0.5) is 0 Å². The van der Waals surface area contributed by atoms with Crippen LogP contribution in [0.3, 0.4) is 0 Å². The maximum Gasteiger partial charge on any atom is 0.231 e. The lowest BCUT2D eigenvalue weighted by Gasteiger charge is -2.43. The first-order valence-corrected chi connectivity index (χ1v) is 11.8. The van der Waals surface area contributed by atoms with Crippen LogP contribution in [0.5, 0.6) is 11.5 Å². The fourth-order valence-corrected chi connectivity index (χ4v) is 5.02. The van der Waals surface area contributed by atoms with Crippen LogP contribution in [-0.4, -0.2) is 77.7 Å². The van der Waals surface area contributed by atoms with E-state index in [0.29, 0.717) is 19.3 Å². The molecular weight excluding hydrogens is 404 g/mol. The molecular formula is C25H32N4O3. The molecule has 2 fully saturated rings. The van der Waals surface area contributed by atoms with Crippen molar-refractivity contribution < 1.29 is 14.3 Å². The molecule has 0 radical (unpaired) electrons. The first-order valence-electron chi connectivity index (χ1n) is 11.8. The number of nitrogens with zero attached hydrogens (tertiary/aromatic N) is 4. The van der Waals surface area contributed by atoms with Crippen molar-refractivity contribution in [2.45, 2.75) is 38.3 Å². The Hall–Kier alpha value is -2.64. The van der Waals surface area contributed by atoms with Gasteiger partial charge in [0.2, 0.25) is 12.7 Å². The average Bonchev–Trinajstić information content (AvgIpc) is 3.32. The summed E-state index contributed by atoms with van der Waals surface area (Å²) in [5.41, 5.74) is 2.40. The molecule has 2 saturated heterocycles. The number of carbonyl (C=O) groups excluding carboxylic acids is 1. The second-order valence-electron chi connectivity index (χ2n) is 9.00. The monoisotopic (exact) mass is 436 g/mol. The molecule has 7 nitrogen and oxygen atoms in total. The van der Waals surface area contributed by atoms with Crippen molar-refractivity contribution in [3.63, 3.8) is 0 Å². The zero-order valence-electron chi connectivity index (χ0n) is 18.6. The standard InChI is InChI=1S/C25H32N4O3/c30-25(8-6-20-3-1-9-26-16-20)29-10-2-4-22(18-29)28-13-11-27(12-14-28)17-21-5-7-23-24(15-21)32-19-31-23/h1,3,5,7,9,15-16,22H,2,4,6,8,10-14,17-19H2/t22-/m1/s1. The number of piperidine rings is 1. The number of piperazine rings is 1. The van der Waals surface area contributed by atoms with Crippen molar-refractivity contribution >= 4 is 5.91 Å². The predicted molar refractivity (Wildman–Crippen MR) is 122 cm³/mol. The first kappa shape index (κ1) is 21.2. The highest BCUT2D eigenvalue weighted by atomic mass is 16.7. The molecule has 2 aromatic rings. The van der Waals surface area contributed by atoms with E-state index in [1.54, 1.807) is 6.20 Å². The van der Waals surface area contributed by atoms with Crippen LogP contribution in [0.1, 0.15) is 30.4 Å². The number of likely N-dealkylation sites (tertiary alicyclic amines) is 1. The maximum absolute atomic E-state index is 12.8. The van der Waals surface area contributed by atoms with Gasteiger partial charge in [0.1, 0.15) is 0 Å². The largest absolute Gasteiger partial charge is 0.454 e. The van der Waals surface area contributed by atoms with Crippen molar-refractivity contribution in [2.75, 3.05) is 46.1 Å². The minimum absolute atomic E-state index is 0.278. The number of hydrogen-bond donors (Lipinski definition) is 0. The molecule has 0 saturated carbocycles. The van der Waals surface area contributed by atoms with Crippen LogP contribution in [0.15, 0.2) is 42.7 Å². The van der Waals surface area contributed by atoms with E-state index >= 15 is 0 Å². The number of aromatic nitrogens is 1. The Morgan fingerprint density at radius 3 is 2.75 bits per heavy atom. The van der Waals surface area contributed by atoms with Gasteiger partial charge in [-0.05, 0) is 48.6 Å². The SMILES string of the molecule is O=C(CCc1cccnc1)N1CCC[C@@H](N2CCN(Cc3ccc4c(c3)OCO4)CC2)C1. The molecule has 1 aromatic heterocycles. The van der Waals surface area contributed by atoms with Crippen LogP contribution < -0.4 is 9.47 Å². The average molecular weight is 437 g/mol. The summed E-state index contributed by atoms with van der Waals surface area (Å²) in [6.07, 6.45) is 7.26. The number of aryl methyl sites for hydroxylation is 1. The first-order chi connectivity index (χ1) is 15.7. The molecule has 32 heavy (non-hydrogen) atoms. The van der Waals surface area contributed by atoms with Crippen LogP contribution in [0.2, 0.25) is 0 Å². The van der Waals surface area contributed by atoms with E-state index < -0.39 is 0 Å². The van der Waals surface area contributed by atoms with Crippen LogP contribution in [0, 0.1) is 0 Å². The summed E-state index contributed by atoms with van der Waals surface area (Å²) >= 11 is 0. The van der Waals surface area contributed by atoms with Crippen LogP contribution >= 0.6 is 0 Å². The van der Waals surface area contributed by atoms with E-state index in [-0.39, 0.29) is 5.91 Å². The van der Waals surface area contributed by atoms with E-state index in [1.165, 1.54) is 12.0 Å². The molecule has 3 aliphatic rings. The summed E-state index contributed by atoms with van der Waals surface area (Å²) in [7, 11) is 0. The highest BCUT2D eigenvalue weighted by Gasteiger charge is 2.30. The number of amides is 1. The number of hydrogen-bond acceptors (Lipinski definition) is 6. The molecule has 1 atom stereocenters. The van der Waals surface area contributed by atoms with Gasteiger partial charge in [-0.25, -0.2) is 0 Å². The molecule has 0 bridgehead atoms. The Labute approximate surface area is 189 Å². The summed E-state index contributed by atoms with van der Waals surface area (Å²) in [5.74, 6) is 1.98. The smallest absolute Gasteiger partial charge is 0.231 e. The molecule has 0 unspecified atom stereocenters. The van der Waals surface area contributed by atoms with E-state index in [4.69, 9.17) is 9.47 Å². The quantitative estimate of drug-likeness (QED) is 0.694. The number of carbonyl (C=O) groups is 1. The highest BCUT2D eigenvalue weighted by Crippen LogP contribution is 2.33. The number of pyridine rings is 1. The van der Waals surface area contributed by atoms with E-state index in [2.05, 4.69) is 31.8 Å². The van der Waals surface area contributed by atoms with Gasteiger partial charge in [-0.2, -0.15) is 0 Å². The van der Waals surface area contributed by atoms with Crippen molar-refractivity contribution in [1.82, 2.24) is 19.7 Å². The van der Waals surface area contributed by atoms with Gasteiger partial charge in [0.25, 0.3) is 0 Å². The van der Waals surface area contributed by atoms with Crippen LogP contribution in [0.25, 0.3) is 0 Å². The summed E-state index contributed by atoms with van der Waals surface area (Å²) in [6, 6.07) is 10.7. The summed E-state index contributed by atoms with van der Waals surface area (Å²) in [4.78, 5) is 24.1. The Kier molecular flexibility index (Phi) is 6.55. The highest BCUT2D eigenvalue weighted by molar-refractivity contribution is 5.76. The predicted octanol–water partition coefficient (Wildman–Crippen LogP) is 2.55. The summed E-state index contributed by atoms with van der Waals surface area (Å²) in [6.45, 7) is 7.26. The van der Waals surface area contributed by atoms with Gasteiger partial charge in [0.15, 0.2) is 11.5 Å². The fraction of sp³-hybridized carbons (Fsp3) is 0.520. The lowest BCUT2D eigenvalue weighted by Crippen LogP contribution is -2.55. The molecule has 3 aliphatic heterocycles. The van der Waals surface area contributed by atoms with Gasteiger partial charge in [-0.1, -0.05) is 12.1 Å². The van der Waals surface area contributed by atoms with Crippen molar-refractivity contribution in [2.24, 2.45) is 0 Å². The molecule has 0 N–H and O–H groups in total. The van der Waals surface area contributed by atoms with Gasteiger partial charge >= 0.3 is 0 Å². The molecule has 5 rings (SSSR count). The fourth-order valence-electron chi connectivity index (χ4n) is 5.02. The number of fused-ring (bicyclic) bond motifs is 1. The van der Waals surface area contributed by atoms with Crippen molar-refractivity contribution in [3.8, 4) is 11.5 Å². The zero-order chi connectivity index (χ0) is 21.8. The number of ether oxygens (including phenoxy) is 2. The summed E-state index contributed by atoms with van der Waals surface area (Å²) in [5, 5.41) is 0. The van der Waals surface area contributed by atoms with Crippen LogP contribution in [-0.2, 0) is 17.8 Å². The molecule has 4 heterocycles. The molecule has 1 amide bonds. The lowest BCUT2D eigenvalue weighted by atomic mass is 10.0. The molecule has 0 spiro atoms. The minimum Gasteiger partial charge on any atom is -0.454 e. The maximum atomic E-state index is 12.8. The lowest BCUT2D eigenvalue weighted by molar-refractivity contribution is -0.133. The number of rotatable bonds is 6. The Morgan fingerprint density at radius 1 is 1.03 bits per heavy atom. The van der Waals surface area contributed by atoms with Gasteiger partial charge in [0.05, 0.1) is 0 Å². The van der Waals surface area contributed by atoms with Crippen molar-refractivity contribution in [3.05, 3.63) is 53.9 Å². The third-order valence-corrected chi connectivity index (χ3v) is 6.87. The normalized spacial score (nSPS) is 21.6.